The van der Waals surface area contributed by atoms with Crippen LogP contribution in [0.3, 0.4) is 0 Å². The molecule has 5 heterocycles. The molecule has 8 bridgehead atoms. The SMILES string of the molecule is c1ccc2c(c1)-c1nc-2nc2[nH]c(nc3nc(nc4[nH]c(n1)c1c4CCCC1)-c1ccccc1-3)c1ccccc21. The van der Waals surface area contributed by atoms with Crippen molar-refractivity contribution < 1.29 is 0 Å². The zero-order valence-corrected chi connectivity index (χ0v) is 21.4. The van der Waals surface area contributed by atoms with Crippen LogP contribution >= 0.6 is 0 Å². The molecule has 0 unspecified atom stereocenters. The molecule has 0 fully saturated rings. The van der Waals surface area contributed by atoms with Crippen molar-refractivity contribution in [3.63, 3.8) is 0 Å². The van der Waals surface area contributed by atoms with Crippen LogP contribution < -0.4 is 0 Å². The van der Waals surface area contributed by atoms with Crippen LogP contribution in [0.4, 0.5) is 0 Å². The molecule has 2 N–H and O–H groups in total. The molecule has 8 heteroatoms. The molecule has 0 saturated carbocycles. The molecule has 1 aliphatic carbocycles. The average Bonchev–Trinajstić information content (AvgIpc) is 3.73. The summed E-state index contributed by atoms with van der Waals surface area (Å²) in [7, 11) is 0. The number of aromatic nitrogens is 8. The number of rotatable bonds is 0. The van der Waals surface area contributed by atoms with E-state index in [9.17, 15) is 0 Å². The number of benzene rings is 3. The molecule has 0 saturated heterocycles. The maximum atomic E-state index is 5.10. The van der Waals surface area contributed by atoms with Crippen LogP contribution in [0.25, 0.3) is 78.9 Å². The summed E-state index contributed by atoms with van der Waals surface area (Å²) in [5, 5.41) is 1.94. The van der Waals surface area contributed by atoms with Crippen molar-refractivity contribution in [2.24, 2.45) is 0 Å². The molecule has 6 aromatic rings. The monoisotopic (exact) mass is 518 g/mol. The third-order valence-corrected chi connectivity index (χ3v) is 8.06. The molecular weight excluding hydrogens is 496 g/mol. The Hall–Kier alpha value is -5.24. The number of nitrogens with zero attached hydrogens (tertiary/aromatic N) is 6. The predicted octanol–water partition coefficient (Wildman–Crippen LogP) is 6.59. The van der Waals surface area contributed by atoms with E-state index < -0.39 is 0 Å². The summed E-state index contributed by atoms with van der Waals surface area (Å²) < 4.78 is 0. The smallest absolute Gasteiger partial charge is 0.164 e. The van der Waals surface area contributed by atoms with Crippen LogP contribution in [0.5, 0.6) is 0 Å². The van der Waals surface area contributed by atoms with Gasteiger partial charge in [-0.3, -0.25) is 0 Å². The minimum atomic E-state index is 0.629. The van der Waals surface area contributed by atoms with Crippen LogP contribution in [0, 0.1) is 0 Å². The van der Waals surface area contributed by atoms with E-state index in [-0.39, 0.29) is 0 Å². The second kappa shape index (κ2) is 8.13. The average molecular weight is 519 g/mol. The van der Waals surface area contributed by atoms with E-state index in [0.717, 1.165) is 70.0 Å². The lowest BCUT2D eigenvalue weighted by Gasteiger charge is -2.10. The van der Waals surface area contributed by atoms with Crippen molar-refractivity contribution in [2.75, 3.05) is 0 Å². The first kappa shape index (κ1) is 21.7. The number of hydrogen-bond donors (Lipinski definition) is 2. The first-order valence-corrected chi connectivity index (χ1v) is 13.6. The Morgan fingerprint density at radius 3 is 1.18 bits per heavy atom. The molecule has 40 heavy (non-hydrogen) atoms. The minimum absolute atomic E-state index is 0.629. The van der Waals surface area contributed by atoms with Crippen LogP contribution in [-0.2, 0) is 12.8 Å². The van der Waals surface area contributed by atoms with Crippen LogP contribution in [0.15, 0.2) is 72.8 Å². The Morgan fingerprint density at radius 1 is 0.400 bits per heavy atom. The van der Waals surface area contributed by atoms with Gasteiger partial charge in [0.2, 0.25) is 0 Å². The van der Waals surface area contributed by atoms with Crippen molar-refractivity contribution in [1.29, 1.82) is 0 Å². The third kappa shape index (κ3) is 3.13. The van der Waals surface area contributed by atoms with Crippen LogP contribution in [-0.4, -0.2) is 39.9 Å². The van der Waals surface area contributed by atoms with E-state index in [2.05, 4.69) is 46.4 Å². The van der Waals surface area contributed by atoms with Crippen molar-refractivity contribution in [3.05, 3.63) is 83.9 Å². The highest BCUT2D eigenvalue weighted by Gasteiger charge is 2.23. The predicted molar refractivity (Wildman–Crippen MR) is 155 cm³/mol. The second-order valence-corrected chi connectivity index (χ2v) is 10.4. The molecule has 2 aliphatic heterocycles. The zero-order chi connectivity index (χ0) is 26.2. The van der Waals surface area contributed by atoms with Gasteiger partial charge in [-0.05, 0) is 25.7 Å². The Kier molecular flexibility index (Phi) is 4.40. The van der Waals surface area contributed by atoms with Gasteiger partial charge < -0.3 is 9.97 Å². The molecular formula is C32H22N8. The summed E-state index contributed by atoms with van der Waals surface area (Å²) in [6.45, 7) is 0. The van der Waals surface area contributed by atoms with Gasteiger partial charge in [0.05, 0.1) is 0 Å². The summed E-state index contributed by atoms with van der Waals surface area (Å²) in [5.74, 6) is 2.57. The molecule has 3 aliphatic rings. The maximum absolute atomic E-state index is 5.10. The van der Waals surface area contributed by atoms with E-state index in [1.807, 2.05) is 36.4 Å². The molecule has 0 amide bonds. The number of H-pyrrole nitrogens is 2. The van der Waals surface area contributed by atoms with Gasteiger partial charge in [-0.1, -0.05) is 72.8 Å². The van der Waals surface area contributed by atoms with Gasteiger partial charge >= 0.3 is 0 Å². The minimum Gasteiger partial charge on any atom is -0.324 e. The van der Waals surface area contributed by atoms with Gasteiger partial charge in [-0.2, -0.15) is 0 Å². The lowest BCUT2D eigenvalue weighted by atomic mass is 9.95. The molecule has 8 nitrogen and oxygen atoms in total. The highest BCUT2D eigenvalue weighted by atomic mass is 15.1. The maximum Gasteiger partial charge on any atom is 0.164 e. The van der Waals surface area contributed by atoms with E-state index in [1.165, 1.54) is 11.1 Å². The molecule has 3 aromatic carbocycles. The van der Waals surface area contributed by atoms with E-state index in [1.54, 1.807) is 0 Å². The fourth-order valence-electron chi connectivity index (χ4n) is 6.15. The number of nitrogens with one attached hydrogen (secondary N) is 2. The van der Waals surface area contributed by atoms with E-state index in [0.29, 0.717) is 34.6 Å². The third-order valence-electron chi connectivity index (χ3n) is 8.06. The van der Waals surface area contributed by atoms with Gasteiger partial charge in [-0.25, -0.2) is 29.9 Å². The highest BCUT2D eigenvalue weighted by molar-refractivity contribution is 6.04. The van der Waals surface area contributed by atoms with Gasteiger partial charge in [0, 0.05) is 44.2 Å². The largest absolute Gasteiger partial charge is 0.324 e. The molecule has 9 rings (SSSR count). The lowest BCUT2D eigenvalue weighted by molar-refractivity contribution is 0.694. The quantitative estimate of drug-likeness (QED) is 0.234. The summed E-state index contributed by atoms with van der Waals surface area (Å²) in [4.78, 5) is 37.2. The summed E-state index contributed by atoms with van der Waals surface area (Å²) in [6, 6.07) is 24.4. The number of fused-ring (bicyclic) bond motifs is 20. The molecule has 190 valence electrons. The van der Waals surface area contributed by atoms with Crippen molar-refractivity contribution >= 4 is 33.4 Å². The van der Waals surface area contributed by atoms with Gasteiger partial charge in [0.15, 0.2) is 23.3 Å². The van der Waals surface area contributed by atoms with Crippen molar-refractivity contribution in [1.82, 2.24) is 39.9 Å². The lowest BCUT2D eigenvalue weighted by Crippen LogP contribution is -2.00. The van der Waals surface area contributed by atoms with E-state index in [4.69, 9.17) is 29.9 Å². The summed E-state index contributed by atoms with van der Waals surface area (Å²) >= 11 is 0. The van der Waals surface area contributed by atoms with Gasteiger partial charge in [-0.15, -0.1) is 0 Å². The first-order valence-electron chi connectivity index (χ1n) is 13.6. The molecule has 0 spiro atoms. The Balaban J connectivity index is 1.48. The fraction of sp³-hybridized carbons (Fsp3) is 0.125. The van der Waals surface area contributed by atoms with E-state index >= 15 is 0 Å². The molecule has 0 atom stereocenters. The molecule has 3 aromatic heterocycles. The Bertz CT molecular complexity index is 2040. The normalized spacial score (nSPS) is 13.6. The Morgan fingerprint density at radius 2 is 0.750 bits per heavy atom. The number of aryl methyl sites for hydroxylation is 2. The number of aromatic amines is 2. The van der Waals surface area contributed by atoms with Crippen molar-refractivity contribution in [2.45, 2.75) is 25.7 Å². The van der Waals surface area contributed by atoms with Crippen LogP contribution in [0.2, 0.25) is 0 Å². The second-order valence-electron chi connectivity index (χ2n) is 10.4. The zero-order valence-electron chi connectivity index (χ0n) is 21.4. The Labute approximate surface area is 228 Å². The fourth-order valence-corrected chi connectivity index (χ4v) is 6.15. The summed E-state index contributed by atoms with van der Waals surface area (Å²) in [5.41, 5.74) is 9.36. The molecule has 0 radical (unpaired) electrons. The summed E-state index contributed by atoms with van der Waals surface area (Å²) in [6.07, 6.45) is 4.18. The van der Waals surface area contributed by atoms with Crippen LogP contribution in [0.1, 0.15) is 24.0 Å². The first-order chi connectivity index (χ1) is 19.8. The van der Waals surface area contributed by atoms with Gasteiger partial charge in [0.25, 0.3) is 0 Å². The topological polar surface area (TPSA) is 109 Å². The van der Waals surface area contributed by atoms with Gasteiger partial charge in [0.1, 0.15) is 22.6 Å². The van der Waals surface area contributed by atoms with Crippen molar-refractivity contribution in [3.8, 4) is 45.6 Å². The highest BCUT2D eigenvalue weighted by Crippen LogP contribution is 2.37. The standard InChI is InChI=1S/C32H22N8/c1-2-10-18-17(9-1)25-33-26(18)38-28-21-13-5-6-14-22(21)30(35-28)40-32-24-16-8-7-15-23(24)31(36-32)39-29-20-12-4-3-11-19(20)27(34-29)37-25/h1-6,9-14H,7-8,15-16H2,(H2,33,34,35,36,37,38,39,40). The number of hydrogen-bond acceptors (Lipinski definition) is 6.